The first-order chi connectivity index (χ1) is 63.7. The molecule has 0 unspecified atom stereocenters. The number of esters is 2. The number of benzene rings is 10. The smallest absolute Gasteiger partial charge is 0.338 e. The number of azide groups is 1. The van der Waals surface area contributed by atoms with Crippen LogP contribution in [-0.4, -0.2) is 130 Å². The lowest BCUT2D eigenvalue weighted by molar-refractivity contribution is -0.380. The van der Waals surface area contributed by atoms with Crippen LogP contribution in [0.2, 0.25) is 0 Å². The molecular weight excluding hydrogens is 1630 g/mol. The molecule has 1 aliphatic carbocycles. The van der Waals surface area contributed by atoms with Gasteiger partial charge in [0.2, 0.25) is 0 Å². The van der Waals surface area contributed by atoms with Gasteiger partial charge in [-0.15, -0.1) is 6.58 Å². The number of rotatable bonds is 55. The summed E-state index contributed by atoms with van der Waals surface area (Å²) in [4.78, 5) is 33.6. The Labute approximate surface area is 760 Å². The van der Waals surface area contributed by atoms with Crippen molar-refractivity contribution in [3.63, 3.8) is 0 Å². The third kappa shape index (κ3) is 30.6. The molecule has 2 aliphatic heterocycles. The summed E-state index contributed by atoms with van der Waals surface area (Å²) in [6, 6.07) is 95.0. The minimum absolute atomic E-state index is 0.0108. The second kappa shape index (κ2) is 54.3. The van der Waals surface area contributed by atoms with Gasteiger partial charge in [0, 0.05) is 11.3 Å². The summed E-state index contributed by atoms with van der Waals surface area (Å²) < 4.78 is 119. The lowest BCUT2D eigenvalue weighted by Crippen LogP contribution is -2.71. The van der Waals surface area contributed by atoms with Crippen molar-refractivity contribution in [1.29, 1.82) is 0 Å². The van der Waals surface area contributed by atoms with E-state index in [2.05, 4.69) is 23.5 Å². The van der Waals surface area contributed by atoms with Gasteiger partial charge in [-0.2, -0.15) is 0 Å². The van der Waals surface area contributed by atoms with Crippen LogP contribution >= 0.6 is 0 Å². The Morgan fingerprint density at radius 1 is 0.341 bits per heavy atom. The summed E-state index contributed by atoms with van der Waals surface area (Å²) in [6.07, 6.45) is -3.55. The highest BCUT2D eigenvalue weighted by Crippen LogP contribution is 2.43. The van der Waals surface area contributed by atoms with Crippen LogP contribution in [0.15, 0.2) is 315 Å². The SMILES string of the molecule is C=CCO[C@@H]1[C@H](O[C@H]2O[C@H](COC(=O)CCCCCCCCCCCCCCC)[C@@H](OCc3ccccc3)[C@H](OCc3ccccc3)[C@@H]2OC(=O)c2ccccc2CN=[N+]=[N-])[C@H](OCc2ccccc2)[C@@H](OCc2ccccc2)[C@H](OCc2ccccc2)[C@H]1O[C@H]1O[C@H](COCc2ccccc2)[C@@H](OCc2ccccc2)[C@H](OCc2ccccc2)[C@@H]1OCc1ccccc1. The van der Waals surface area contributed by atoms with Crippen molar-refractivity contribution < 1.29 is 85.4 Å². The molecule has 1 saturated carbocycles. The van der Waals surface area contributed by atoms with Crippen molar-refractivity contribution in [3.05, 3.63) is 382 Å². The van der Waals surface area contributed by atoms with Crippen LogP contribution in [0.4, 0.5) is 0 Å². The van der Waals surface area contributed by atoms with E-state index in [1.165, 1.54) is 51.4 Å². The minimum Gasteiger partial charge on any atom is -0.463 e. The molecule has 21 heteroatoms. The van der Waals surface area contributed by atoms with E-state index in [0.29, 0.717) is 12.0 Å². The third-order valence-corrected chi connectivity index (χ3v) is 23.5. The van der Waals surface area contributed by atoms with Crippen LogP contribution in [0.3, 0.4) is 0 Å². The van der Waals surface area contributed by atoms with Crippen molar-refractivity contribution >= 4 is 11.9 Å². The van der Waals surface area contributed by atoms with Gasteiger partial charge in [-0.3, -0.25) is 4.79 Å². The van der Waals surface area contributed by atoms with Crippen LogP contribution in [0, 0.1) is 0 Å². The molecular formula is C108H125N3O18. The van der Waals surface area contributed by atoms with Crippen LogP contribution in [-0.2, 0) is 147 Å². The fraction of sp³-hybridized carbons (Fsp3) is 0.407. The molecule has 3 fully saturated rings. The maximum absolute atomic E-state index is 15.9. The van der Waals surface area contributed by atoms with Crippen molar-refractivity contribution in [3.8, 4) is 0 Å². The highest BCUT2D eigenvalue weighted by Gasteiger charge is 2.61. The molecule has 2 heterocycles. The fourth-order valence-electron chi connectivity index (χ4n) is 16.7. The molecule has 2 saturated heterocycles. The number of carbonyl (C=O) groups excluding carboxylic acids is 2. The molecule has 3 aliphatic rings. The second-order valence-electron chi connectivity index (χ2n) is 33.1. The Kier molecular flexibility index (Phi) is 40.5. The standard InChI is InChI=1S/C108H125N3O18/c1-3-5-6-7-8-9-10-11-12-13-14-15-43-66-93(112)116-79-92-95(118-71-82-50-29-18-30-51-82)97(120-73-84-54-33-20-34-55-84)105(127-106(113)90-65-45-44-64-89(90)68-110-111-109)108(126-92)129-103-100(123-76-87-60-39-23-40-61-87)98(121-74-85-56-35-21-36-57-85)99(122-75-86-58-37-22-38-59-86)102(101(103)115-67-4-2)128-107-104(124-77-88-62-41-24-42-63-88)96(119-72-83-52-31-19-32-53-83)94(117-70-81-48-27-17-28-49-81)91(125-107)78-114-69-80-46-25-16-26-47-80/h4,16-42,44-65,91-92,94-105,107-108H,2-3,5-15,43,66-79H2,1H3/t91-,92-,94-,95-,96+,97+,98+,99+,100-,101+,102-,103-,104+,105+,107-,108-/m1/s1. The molecule has 16 atom stereocenters. The average molecular weight is 1750 g/mol. The topological polar surface area (TPSA) is 231 Å². The van der Waals surface area contributed by atoms with Crippen molar-refractivity contribution in [1.82, 2.24) is 0 Å². The highest BCUT2D eigenvalue weighted by atomic mass is 16.8. The fourth-order valence-corrected chi connectivity index (χ4v) is 16.7. The largest absolute Gasteiger partial charge is 0.463 e. The first-order valence-electron chi connectivity index (χ1n) is 45.9. The molecule has 0 bridgehead atoms. The van der Waals surface area contributed by atoms with Crippen LogP contribution < -0.4 is 0 Å². The molecule has 129 heavy (non-hydrogen) atoms. The molecule has 0 amide bonds. The van der Waals surface area contributed by atoms with Gasteiger partial charge in [-0.05, 0) is 73.7 Å². The van der Waals surface area contributed by atoms with Gasteiger partial charge in [0.1, 0.15) is 86.0 Å². The van der Waals surface area contributed by atoms with E-state index >= 15 is 4.79 Å². The summed E-state index contributed by atoms with van der Waals surface area (Å²) in [5, 5.41) is 3.91. The maximum atomic E-state index is 15.9. The quantitative estimate of drug-likeness (QED) is 0.00861. The van der Waals surface area contributed by atoms with Gasteiger partial charge in [-0.1, -0.05) is 386 Å². The molecule has 10 aromatic rings. The first-order valence-corrected chi connectivity index (χ1v) is 45.9. The van der Waals surface area contributed by atoms with E-state index < -0.39 is 110 Å². The van der Waals surface area contributed by atoms with E-state index in [-0.39, 0.29) is 97.8 Å². The van der Waals surface area contributed by atoms with Crippen LogP contribution in [0.1, 0.15) is 163 Å². The van der Waals surface area contributed by atoms with Crippen molar-refractivity contribution in [2.75, 3.05) is 19.8 Å². The lowest BCUT2D eigenvalue weighted by Gasteiger charge is -2.53. The van der Waals surface area contributed by atoms with E-state index in [1.54, 1.807) is 30.3 Å². The zero-order valence-corrected chi connectivity index (χ0v) is 74.1. The molecule has 0 radical (unpaired) electrons. The lowest BCUT2D eigenvalue weighted by atomic mass is 9.83. The summed E-state index contributed by atoms with van der Waals surface area (Å²) >= 11 is 0. The number of ether oxygens (including phenoxy) is 16. The number of hydrogen-bond donors (Lipinski definition) is 0. The Bertz CT molecular complexity index is 4830. The van der Waals surface area contributed by atoms with Crippen molar-refractivity contribution in [2.24, 2.45) is 5.11 Å². The molecule has 0 spiro atoms. The van der Waals surface area contributed by atoms with Gasteiger partial charge >= 0.3 is 11.9 Å². The Balaban J connectivity index is 0.963. The zero-order valence-electron chi connectivity index (χ0n) is 74.1. The Morgan fingerprint density at radius 2 is 0.636 bits per heavy atom. The number of nitrogens with zero attached hydrogens (tertiary/aromatic N) is 3. The van der Waals surface area contributed by atoms with Gasteiger partial charge in [-0.25, -0.2) is 4.79 Å². The maximum Gasteiger partial charge on any atom is 0.338 e. The Morgan fingerprint density at radius 3 is 1.01 bits per heavy atom. The highest BCUT2D eigenvalue weighted by molar-refractivity contribution is 5.91. The van der Waals surface area contributed by atoms with E-state index in [0.717, 1.165) is 75.8 Å². The average Bonchev–Trinajstić information content (AvgIpc) is 0.745. The monoisotopic (exact) mass is 1750 g/mol. The predicted molar refractivity (Wildman–Crippen MR) is 493 cm³/mol. The third-order valence-electron chi connectivity index (χ3n) is 23.5. The van der Waals surface area contributed by atoms with Gasteiger partial charge in [0.15, 0.2) is 18.7 Å². The Hall–Kier alpha value is -10.4. The summed E-state index contributed by atoms with van der Waals surface area (Å²) in [5.74, 6) is -1.28. The van der Waals surface area contributed by atoms with Gasteiger partial charge in [0.25, 0.3) is 0 Å². The normalized spacial score (nSPS) is 22.6. The number of hydrogen-bond acceptors (Lipinski definition) is 19. The molecule has 10 aromatic carbocycles. The zero-order chi connectivity index (χ0) is 88.9. The summed E-state index contributed by atoms with van der Waals surface area (Å²) in [7, 11) is 0. The molecule has 13 rings (SSSR count). The van der Waals surface area contributed by atoms with Crippen LogP contribution in [0.25, 0.3) is 10.4 Å². The predicted octanol–water partition coefficient (Wildman–Crippen LogP) is 21.8. The summed E-state index contributed by atoms with van der Waals surface area (Å²) in [6.45, 7) is 6.38. The van der Waals surface area contributed by atoms with E-state index in [1.807, 2.05) is 273 Å². The van der Waals surface area contributed by atoms with Crippen LogP contribution in [0.5, 0.6) is 0 Å². The number of unbranched alkanes of at least 4 members (excludes halogenated alkanes) is 12. The summed E-state index contributed by atoms with van der Waals surface area (Å²) in [5.41, 5.74) is 17.9. The van der Waals surface area contributed by atoms with Gasteiger partial charge < -0.3 is 75.8 Å². The second-order valence-corrected chi connectivity index (χ2v) is 33.1. The minimum atomic E-state index is -1.72. The molecule has 0 N–H and O–H groups in total. The van der Waals surface area contributed by atoms with Gasteiger partial charge in [0.05, 0.1) is 84.8 Å². The number of carbonyl (C=O) groups is 2. The van der Waals surface area contributed by atoms with E-state index in [9.17, 15) is 10.3 Å². The molecule has 680 valence electrons. The molecule has 0 aromatic heterocycles. The molecule has 21 nitrogen and oxygen atoms in total. The van der Waals surface area contributed by atoms with E-state index in [4.69, 9.17) is 75.8 Å². The first kappa shape index (κ1) is 96.2. The van der Waals surface area contributed by atoms with Crippen molar-refractivity contribution in [2.45, 2.75) is 261 Å².